The molecule has 0 aromatic carbocycles. The molecule has 0 aliphatic heterocycles. The Bertz CT molecular complexity index is 686. The van der Waals surface area contributed by atoms with Gasteiger partial charge in [-0.25, -0.2) is 22.5 Å². The van der Waals surface area contributed by atoms with E-state index in [0.29, 0.717) is 5.92 Å². The van der Waals surface area contributed by atoms with Crippen LogP contribution in [-0.2, 0) is 14.8 Å². The van der Waals surface area contributed by atoms with E-state index in [0.717, 1.165) is 29.2 Å². The lowest BCUT2D eigenvalue weighted by atomic mass is 10.0. The molecule has 2 saturated carbocycles. The van der Waals surface area contributed by atoms with Crippen LogP contribution in [0.25, 0.3) is 0 Å². The summed E-state index contributed by atoms with van der Waals surface area (Å²) in [5.74, 6) is -1.40. The Morgan fingerprint density at radius 3 is 2.82 bits per heavy atom. The molecular weight excluding hydrogens is 331 g/mol. The monoisotopic (exact) mass is 348 g/mol. The molecule has 3 rings (SSSR count). The number of carboxylic acid groups (broad SMARTS) is 1. The van der Waals surface area contributed by atoms with Crippen molar-refractivity contribution in [2.24, 2.45) is 5.92 Å². The number of nitrogens with zero attached hydrogens (tertiary/aromatic N) is 1. The van der Waals surface area contributed by atoms with Gasteiger partial charge in [-0.1, -0.05) is 0 Å². The normalized spacial score (nSPS) is 28.9. The number of carboxylic acids is 1. The first-order chi connectivity index (χ1) is 10.3. The van der Waals surface area contributed by atoms with Crippen LogP contribution in [0.4, 0.5) is 4.39 Å². The first kappa shape index (κ1) is 15.8. The highest BCUT2D eigenvalue weighted by Crippen LogP contribution is 2.42. The molecule has 0 spiro atoms. The van der Waals surface area contributed by atoms with Gasteiger partial charge in [0.1, 0.15) is 5.67 Å². The maximum Gasteiger partial charge on any atom is 0.306 e. The van der Waals surface area contributed by atoms with Gasteiger partial charge >= 0.3 is 5.97 Å². The molecule has 2 aliphatic carbocycles. The van der Waals surface area contributed by atoms with Crippen molar-refractivity contribution in [3.05, 3.63) is 11.2 Å². The van der Waals surface area contributed by atoms with E-state index in [1.807, 2.05) is 0 Å². The van der Waals surface area contributed by atoms with E-state index < -0.39 is 34.1 Å². The molecule has 0 unspecified atom stereocenters. The van der Waals surface area contributed by atoms with Gasteiger partial charge < -0.3 is 5.11 Å². The molecule has 122 valence electrons. The summed E-state index contributed by atoms with van der Waals surface area (Å²) in [5, 5.41) is 9.71. The van der Waals surface area contributed by atoms with Crippen LogP contribution < -0.4 is 4.72 Å². The Labute approximate surface area is 131 Å². The first-order valence-electron chi connectivity index (χ1n) is 7.16. The van der Waals surface area contributed by atoms with E-state index in [1.165, 1.54) is 6.20 Å². The van der Waals surface area contributed by atoms with E-state index in [4.69, 9.17) is 5.11 Å². The van der Waals surface area contributed by atoms with Crippen LogP contribution >= 0.6 is 11.3 Å². The van der Waals surface area contributed by atoms with Crippen LogP contribution in [0.3, 0.4) is 0 Å². The summed E-state index contributed by atoms with van der Waals surface area (Å²) in [6, 6.07) is 0. The van der Waals surface area contributed by atoms with Crippen LogP contribution in [0.2, 0.25) is 0 Å². The van der Waals surface area contributed by atoms with Gasteiger partial charge in [0.2, 0.25) is 0 Å². The van der Waals surface area contributed by atoms with Crippen molar-refractivity contribution in [3.63, 3.8) is 0 Å². The van der Waals surface area contributed by atoms with Gasteiger partial charge in [-0.3, -0.25) is 4.79 Å². The SMILES string of the molecule is O=C(O)[C@@H]1CC[C@](F)(CNS(=O)(=O)c2cnc(C3CC3)s2)C1. The zero-order valence-corrected chi connectivity index (χ0v) is 13.4. The van der Waals surface area contributed by atoms with Crippen LogP contribution in [0.15, 0.2) is 10.4 Å². The predicted molar refractivity (Wildman–Crippen MR) is 78.1 cm³/mol. The van der Waals surface area contributed by atoms with Crippen LogP contribution in [0.5, 0.6) is 0 Å². The molecule has 2 fully saturated rings. The van der Waals surface area contributed by atoms with Gasteiger partial charge in [-0.2, -0.15) is 0 Å². The number of carbonyl (C=O) groups is 1. The molecule has 0 radical (unpaired) electrons. The van der Waals surface area contributed by atoms with Crippen molar-refractivity contribution >= 4 is 27.3 Å². The van der Waals surface area contributed by atoms with Gasteiger partial charge in [0, 0.05) is 12.5 Å². The highest BCUT2D eigenvalue weighted by Gasteiger charge is 2.43. The van der Waals surface area contributed by atoms with Gasteiger partial charge in [0.25, 0.3) is 10.0 Å². The molecular formula is C13H17FN2O4S2. The lowest BCUT2D eigenvalue weighted by Crippen LogP contribution is -2.38. The molecule has 0 bridgehead atoms. The fourth-order valence-electron chi connectivity index (χ4n) is 2.66. The zero-order chi connectivity index (χ0) is 16.0. The van der Waals surface area contributed by atoms with Crippen molar-refractivity contribution < 1.29 is 22.7 Å². The third-order valence-corrected chi connectivity index (χ3v) is 7.20. The van der Waals surface area contributed by atoms with Gasteiger partial charge in [-0.15, -0.1) is 11.3 Å². The fraction of sp³-hybridized carbons (Fsp3) is 0.692. The predicted octanol–water partition coefficient (Wildman–Crippen LogP) is 1.89. The molecule has 1 aromatic heterocycles. The number of hydrogen-bond donors (Lipinski definition) is 2. The summed E-state index contributed by atoms with van der Waals surface area (Å²) in [4.78, 5) is 15.0. The van der Waals surface area contributed by atoms with E-state index in [2.05, 4.69) is 9.71 Å². The summed E-state index contributed by atoms with van der Waals surface area (Å²) < 4.78 is 41.2. The van der Waals surface area contributed by atoms with Gasteiger partial charge in [-0.05, 0) is 32.1 Å². The molecule has 9 heteroatoms. The topological polar surface area (TPSA) is 96.4 Å². The van der Waals surface area contributed by atoms with E-state index in [1.54, 1.807) is 0 Å². The molecule has 1 aromatic rings. The quantitative estimate of drug-likeness (QED) is 0.818. The number of halogens is 1. The van der Waals surface area contributed by atoms with Crippen molar-refractivity contribution in [3.8, 4) is 0 Å². The Morgan fingerprint density at radius 1 is 1.50 bits per heavy atom. The second kappa shape index (κ2) is 5.54. The van der Waals surface area contributed by atoms with Crippen molar-refractivity contribution in [2.45, 2.75) is 47.9 Å². The summed E-state index contributed by atoms with van der Waals surface area (Å²) in [5.41, 5.74) is -1.79. The third kappa shape index (κ3) is 3.31. The Hall–Kier alpha value is -1.06. The summed E-state index contributed by atoms with van der Waals surface area (Å²) in [6.45, 7) is -0.393. The maximum absolute atomic E-state index is 14.5. The lowest BCUT2D eigenvalue weighted by Gasteiger charge is -2.19. The van der Waals surface area contributed by atoms with E-state index in [9.17, 15) is 17.6 Å². The Morgan fingerprint density at radius 2 is 2.23 bits per heavy atom. The van der Waals surface area contributed by atoms with Crippen LogP contribution in [0, 0.1) is 5.92 Å². The Kier molecular flexibility index (Phi) is 3.98. The highest BCUT2D eigenvalue weighted by atomic mass is 32.2. The number of aliphatic carboxylic acids is 1. The molecule has 0 saturated heterocycles. The summed E-state index contributed by atoms with van der Waals surface area (Å²) in [7, 11) is -3.79. The smallest absolute Gasteiger partial charge is 0.306 e. The van der Waals surface area contributed by atoms with Crippen molar-refractivity contribution in [1.82, 2.24) is 9.71 Å². The maximum atomic E-state index is 14.5. The van der Waals surface area contributed by atoms with Gasteiger partial charge in [0.15, 0.2) is 4.21 Å². The summed E-state index contributed by atoms with van der Waals surface area (Å²) in [6.07, 6.45) is 3.51. The zero-order valence-electron chi connectivity index (χ0n) is 11.8. The Balaban J connectivity index is 1.63. The molecule has 2 aliphatic rings. The van der Waals surface area contributed by atoms with Crippen LogP contribution in [-0.4, -0.2) is 36.7 Å². The lowest BCUT2D eigenvalue weighted by molar-refractivity contribution is -0.141. The minimum atomic E-state index is -3.79. The number of rotatable bonds is 6. The number of thiazole rings is 1. The molecule has 1 heterocycles. The standard InChI is InChI=1S/C13H17FN2O4S2/c14-13(4-3-9(5-13)12(17)18)7-16-22(19,20)10-6-15-11(21-10)8-1-2-8/h6,8-9,16H,1-5,7H2,(H,17,18)/t9-,13-/m1/s1. The van der Waals surface area contributed by atoms with E-state index >= 15 is 0 Å². The molecule has 2 N–H and O–H groups in total. The van der Waals surface area contributed by atoms with Crippen molar-refractivity contribution in [1.29, 1.82) is 0 Å². The average molecular weight is 348 g/mol. The number of hydrogen-bond acceptors (Lipinski definition) is 5. The van der Waals surface area contributed by atoms with Crippen LogP contribution in [0.1, 0.15) is 43.0 Å². The molecule has 0 amide bonds. The second-order valence-electron chi connectivity index (χ2n) is 6.05. The number of sulfonamides is 1. The molecule has 22 heavy (non-hydrogen) atoms. The molecule has 2 atom stereocenters. The second-order valence-corrected chi connectivity index (χ2v) is 9.10. The molecule has 6 nitrogen and oxygen atoms in total. The number of aromatic nitrogens is 1. The minimum absolute atomic E-state index is 0.0580. The van der Waals surface area contributed by atoms with E-state index in [-0.39, 0.29) is 23.5 Å². The van der Waals surface area contributed by atoms with Crippen molar-refractivity contribution in [2.75, 3.05) is 6.54 Å². The largest absolute Gasteiger partial charge is 0.481 e. The minimum Gasteiger partial charge on any atom is -0.481 e. The summed E-state index contributed by atoms with van der Waals surface area (Å²) >= 11 is 1.12. The third-order valence-electron chi connectivity index (χ3n) is 4.18. The first-order valence-corrected chi connectivity index (χ1v) is 9.46. The highest BCUT2D eigenvalue weighted by molar-refractivity contribution is 7.91. The number of alkyl halides is 1. The van der Waals surface area contributed by atoms with Gasteiger partial charge in [0.05, 0.1) is 17.1 Å². The fourth-order valence-corrected chi connectivity index (χ4v) is 5.13. The average Bonchev–Trinajstić information content (AvgIpc) is 3.03. The number of nitrogens with one attached hydrogen (secondary N) is 1.